The summed E-state index contributed by atoms with van der Waals surface area (Å²) in [6, 6.07) is 13.6. The smallest absolute Gasteiger partial charge is 0.343 e. The molecule has 0 radical (unpaired) electrons. The summed E-state index contributed by atoms with van der Waals surface area (Å²) in [7, 11) is 1.47. The number of nitrogens with one attached hydrogen (secondary N) is 1. The van der Waals surface area contributed by atoms with E-state index in [-0.39, 0.29) is 17.2 Å². The number of benzene rings is 2. The molecule has 2 aromatic rings. The Bertz CT molecular complexity index is 1280. The summed E-state index contributed by atoms with van der Waals surface area (Å²) in [4.78, 5) is 31.5. The fraction of sp³-hybridized carbons (Fsp3) is 0.240. The maximum atomic E-state index is 12.8. The quantitative estimate of drug-likeness (QED) is 0.393. The SMILES string of the molecule is COc1cc(/C=C2\C(=N)N3N=C(N4CCCCC4)SC3=NC2=O)ccc1OC(=O)c1ccccc1. The van der Waals surface area contributed by atoms with Crippen LogP contribution in [0.25, 0.3) is 6.08 Å². The van der Waals surface area contributed by atoms with Gasteiger partial charge in [0.15, 0.2) is 22.5 Å². The van der Waals surface area contributed by atoms with E-state index in [1.807, 2.05) is 6.07 Å². The molecule has 9 nitrogen and oxygen atoms in total. The number of piperidine rings is 1. The number of methoxy groups -OCH3 is 1. The van der Waals surface area contributed by atoms with Crippen LogP contribution in [0.1, 0.15) is 35.2 Å². The van der Waals surface area contributed by atoms with Crippen molar-refractivity contribution in [1.29, 1.82) is 5.41 Å². The van der Waals surface area contributed by atoms with Crippen LogP contribution < -0.4 is 9.47 Å². The number of carbonyl (C=O) groups excluding carboxylic acids is 2. The molecule has 3 aliphatic rings. The number of nitrogens with zero attached hydrogens (tertiary/aromatic N) is 4. The van der Waals surface area contributed by atoms with E-state index in [1.165, 1.54) is 30.3 Å². The lowest BCUT2D eigenvalue weighted by atomic mass is 10.1. The zero-order valence-corrected chi connectivity index (χ0v) is 19.9. The first-order chi connectivity index (χ1) is 17.0. The number of hydrogen-bond acceptors (Lipinski definition) is 8. The number of aliphatic imine (C=N–C) groups is 1. The third-order valence-corrected chi connectivity index (χ3v) is 6.75. The second-order valence-corrected chi connectivity index (χ2v) is 9.05. The van der Waals surface area contributed by atoms with E-state index in [4.69, 9.17) is 14.9 Å². The van der Waals surface area contributed by atoms with Crippen LogP contribution in [0.2, 0.25) is 0 Å². The van der Waals surface area contributed by atoms with Gasteiger partial charge in [0.05, 0.1) is 18.2 Å². The molecule has 1 amide bonds. The second kappa shape index (κ2) is 9.75. The molecule has 0 saturated carbocycles. The molecule has 0 aromatic heterocycles. The lowest BCUT2D eigenvalue weighted by Crippen LogP contribution is -2.35. The van der Waals surface area contributed by atoms with Crippen LogP contribution in [0, 0.1) is 5.41 Å². The second-order valence-electron chi connectivity index (χ2n) is 8.12. The normalized spacial score (nSPS) is 18.8. The first kappa shape index (κ1) is 22.9. The van der Waals surface area contributed by atoms with Crippen LogP contribution in [0.5, 0.6) is 11.5 Å². The Morgan fingerprint density at radius 2 is 1.83 bits per heavy atom. The van der Waals surface area contributed by atoms with Gasteiger partial charge in [0.1, 0.15) is 0 Å². The zero-order chi connectivity index (χ0) is 24.4. The van der Waals surface area contributed by atoms with Crippen molar-refractivity contribution in [3.63, 3.8) is 0 Å². The Morgan fingerprint density at radius 3 is 2.57 bits per heavy atom. The molecule has 1 N–H and O–H groups in total. The van der Waals surface area contributed by atoms with Crippen molar-refractivity contribution >= 4 is 45.9 Å². The first-order valence-electron chi connectivity index (χ1n) is 11.2. The Balaban J connectivity index is 1.37. The van der Waals surface area contributed by atoms with Gasteiger partial charge in [-0.15, -0.1) is 5.10 Å². The van der Waals surface area contributed by atoms with Crippen LogP contribution in [-0.2, 0) is 4.79 Å². The maximum absolute atomic E-state index is 12.8. The molecule has 35 heavy (non-hydrogen) atoms. The van der Waals surface area contributed by atoms with Crippen LogP contribution in [0.4, 0.5) is 0 Å². The third-order valence-electron chi connectivity index (χ3n) is 5.78. The molecule has 2 aromatic carbocycles. The van der Waals surface area contributed by atoms with Gasteiger partial charge in [0.2, 0.25) is 5.17 Å². The highest BCUT2D eigenvalue weighted by molar-refractivity contribution is 8.26. The molecule has 178 valence electrons. The van der Waals surface area contributed by atoms with E-state index in [2.05, 4.69) is 15.0 Å². The van der Waals surface area contributed by atoms with Crippen LogP contribution in [-0.4, -0.2) is 58.2 Å². The van der Waals surface area contributed by atoms with Gasteiger partial charge in [-0.05, 0) is 66.9 Å². The van der Waals surface area contributed by atoms with Gasteiger partial charge in [-0.2, -0.15) is 10.0 Å². The van der Waals surface area contributed by atoms with Crippen LogP contribution in [0.3, 0.4) is 0 Å². The summed E-state index contributed by atoms with van der Waals surface area (Å²) in [6.45, 7) is 1.83. The summed E-state index contributed by atoms with van der Waals surface area (Å²) >= 11 is 1.32. The van der Waals surface area contributed by atoms with Crippen molar-refractivity contribution in [2.45, 2.75) is 19.3 Å². The number of amidine groups is 3. The number of hydrazone groups is 1. The molecule has 0 atom stereocenters. The molecular weight excluding hydrogens is 466 g/mol. The summed E-state index contributed by atoms with van der Waals surface area (Å²) in [6.07, 6.45) is 4.97. The molecule has 0 aliphatic carbocycles. The van der Waals surface area contributed by atoms with Crippen molar-refractivity contribution in [2.24, 2.45) is 10.1 Å². The summed E-state index contributed by atoms with van der Waals surface area (Å²) in [5.74, 6) is -0.458. The molecular formula is C25H23N5O4S. The minimum absolute atomic E-state index is 0.0296. The van der Waals surface area contributed by atoms with Gasteiger partial charge in [0.25, 0.3) is 5.91 Å². The number of rotatable bonds is 4. The molecule has 3 aliphatic heterocycles. The number of fused-ring (bicyclic) bond motifs is 1. The fourth-order valence-corrected chi connectivity index (χ4v) is 4.90. The van der Waals surface area contributed by atoms with Crippen molar-refractivity contribution in [1.82, 2.24) is 9.91 Å². The zero-order valence-electron chi connectivity index (χ0n) is 19.1. The van der Waals surface area contributed by atoms with E-state index in [1.54, 1.807) is 48.5 Å². The van der Waals surface area contributed by atoms with E-state index in [9.17, 15) is 9.59 Å². The minimum atomic E-state index is -0.505. The number of thioether (sulfide) groups is 1. The topological polar surface area (TPSA) is 108 Å². The Kier molecular flexibility index (Phi) is 6.37. The largest absolute Gasteiger partial charge is 0.493 e. The molecule has 10 heteroatoms. The summed E-state index contributed by atoms with van der Waals surface area (Å²) in [5, 5.41) is 15.7. The average Bonchev–Trinajstić information content (AvgIpc) is 3.32. The molecule has 1 fully saturated rings. The predicted molar refractivity (Wildman–Crippen MR) is 135 cm³/mol. The fourth-order valence-electron chi connectivity index (χ4n) is 3.95. The molecule has 3 heterocycles. The van der Waals surface area contributed by atoms with Gasteiger partial charge < -0.3 is 14.4 Å². The maximum Gasteiger partial charge on any atom is 0.343 e. The van der Waals surface area contributed by atoms with Gasteiger partial charge in [-0.1, -0.05) is 24.3 Å². The molecule has 0 bridgehead atoms. The van der Waals surface area contributed by atoms with Gasteiger partial charge >= 0.3 is 5.97 Å². The third kappa shape index (κ3) is 4.69. The predicted octanol–water partition coefficient (Wildman–Crippen LogP) is 3.98. The number of amides is 1. The minimum Gasteiger partial charge on any atom is -0.493 e. The Labute approximate surface area is 206 Å². The number of ether oxygens (including phenoxy) is 2. The molecule has 5 rings (SSSR count). The molecule has 0 unspecified atom stereocenters. The van der Waals surface area contributed by atoms with Crippen molar-refractivity contribution in [3.8, 4) is 11.5 Å². The monoisotopic (exact) mass is 489 g/mol. The standard InChI is InChI=1S/C25H23N5O4S/c1-33-20-15-16(10-11-19(20)34-23(32)17-8-4-2-5-9-17)14-18-21(26)30-24(27-22(18)31)35-25(28-30)29-12-6-3-7-13-29/h2,4-5,8-11,14-15,26H,3,6-7,12-13H2,1H3/b18-14+,26-21?. The van der Waals surface area contributed by atoms with E-state index in [0.29, 0.717) is 22.0 Å². The number of hydrogen-bond donors (Lipinski definition) is 1. The summed E-state index contributed by atoms with van der Waals surface area (Å²) in [5.41, 5.74) is 1.14. The van der Waals surface area contributed by atoms with Gasteiger partial charge in [-0.3, -0.25) is 10.2 Å². The van der Waals surface area contributed by atoms with Crippen molar-refractivity contribution in [2.75, 3.05) is 20.2 Å². The van der Waals surface area contributed by atoms with E-state index < -0.39 is 11.9 Å². The Hall–Kier alpha value is -3.92. The average molecular weight is 490 g/mol. The number of likely N-dealkylation sites (tertiary alicyclic amines) is 1. The number of carbonyl (C=O) groups is 2. The highest BCUT2D eigenvalue weighted by Gasteiger charge is 2.37. The van der Waals surface area contributed by atoms with Crippen molar-refractivity contribution < 1.29 is 19.1 Å². The first-order valence-corrected chi connectivity index (χ1v) is 12.1. The molecule has 1 saturated heterocycles. The van der Waals surface area contributed by atoms with Crippen LogP contribution >= 0.6 is 11.8 Å². The highest BCUT2D eigenvalue weighted by atomic mass is 32.2. The van der Waals surface area contributed by atoms with Gasteiger partial charge in [-0.25, -0.2) is 4.79 Å². The Morgan fingerprint density at radius 1 is 1.06 bits per heavy atom. The van der Waals surface area contributed by atoms with Crippen LogP contribution in [0.15, 0.2) is 64.2 Å². The lowest BCUT2D eigenvalue weighted by Gasteiger charge is -2.26. The van der Waals surface area contributed by atoms with Crippen molar-refractivity contribution in [3.05, 3.63) is 65.2 Å². The number of esters is 1. The highest BCUT2D eigenvalue weighted by Crippen LogP contribution is 2.33. The van der Waals surface area contributed by atoms with Gasteiger partial charge in [0, 0.05) is 13.1 Å². The summed E-state index contributed by atoms with van der Waals surface area (Å²) < 4.78 is 10.9. The van der Waals surface area contributed by atoms with E-state index >= 15 is 0 Å². The lowest BCUT2D eigenvalue weighted by molar-refractivity contribution is -0.114. The van der Waals surface area contributed by atoms with E-state index in [0.717, 1.165) is 31.1 Å². The molecule has 0 spiro atoms.